The second kappa shape index (κ2) is 10.8. The van der Waals surface area contributed by atoms with Gasteiger partial charge in [-0.05, 0) is 63.2 Å². The van der Waals surface area contributed by atoms with E-state index in [9.17, 15) is 4.79 Å². The Morgan fingerprint density at radius 1 is 0.947 bits per heavy atom. The van der Waals surface area contributed by atoms with Gasteiger partial charge in [0.2, 0.25) is 5.95 Å². The smallest absolute Gasteiger partial charge is 0.251 e. The van der Waals surface area contributed by atoms with Crippen LogP contribution in [0.3, 0.4) is 0 Å². The summed E-state index contributed by atoms with van der Waals surface area (Å²) in [6.45, 7) is 13.5. The first-order valence-electron chi connectivity index (χ1n) is 13.3. The van der Waals surface area contributed by atoms with Crippen LogP contribution in [-0.4, -0.2) is 59.0 Å². The largest absolute Gasteiger partial charge is 0.369 e. The number of carbonyl (C=O) groups is 1. The lowest BCUT2D eigenvalue weighted by molar-refractivity contribution is 0.0919. The molecule has 7 nitrogen and oxygen atoms in total. The van der Waals surface area contributed by atoms with E-state index in [-0.39, 0.29) is 11.4 Å². The first kappa shape index (κ1) is 25.7. The quantitative estimate of drug-likeness (QED) is 0.348. The van der Waals surface area contributed by atoms with Gasteiger partial charge in [-0.3, -0.25) is 4.79 Å². The molecule has 1 saturated heterocycles. The van der Waals surface area contributed by atoms with Crippen molar-refractivity contribution in [2.75, 3.05) is 42.9 Å². The van der Waals surface area contributed by atoms with Crippen molar-refractivity contribution in [3.8, 4) is 11.1 Å². The summed E-state index contributed by atoms with van der Waals surface area (Å²) < 4.78 is 0. The molecule has 1 aliphatic heterocycles. The predicted molar refractivity (Wildman–Crippen MR) is 156 cm³/mol. The van der Waals surface area contributed by atoms with Crippen molar-refractivity contribution in [2.24, 2.45) is 0 Å². The van der Waals surface area contributed by atoms with Gasteiger partial charge in [-0.25, -0.2) is 9.97 Å². The van der Waals surface area contributed by atoms with Gasteiger partial charge in [0.15, 0.2) is 0 Å². The Bertz CT molecular complexity index is 1420. The Kier molecular flexibility index (Phi) is 7.29. The van der Waals surface area contributed by atoms with Crippen molar-refractivity contribution >= 4 is 34.1 Å². The third-order valence-corrected chi connectivity index (χ3v) is 6.84. The molecular weight excluding hydrogens is 472 g/mol. The fourth-order valence-electron chi connectivity index (χ4n) is 4.79. The molecule has 38 heavy (non-hydrogen) atoms. The topological polar surface area (TPSA) is 73.4 Å². The van der Waals surface area contributed by atoms with Gasteiger partial charge in [-0.15, -0.1) is 0 Å². The zero-order chi connectivity index (χ0) is 26.7. The van der Waals surface area contributed by atoms with E-state index in [0.717, 1.165) is 60.4 Å². The number of carbonyl (C=O) groups excluding carboxylic acids is 1. The number of piperazine rings is 1. The average molecular weight is 509 g/mol. The SMILES string of the molecule is CCN1CCN(c2cccc(Nc3ncc4cccc(-c5ccc(C(=O)NC(C)(C)C)cc5)c4n3)c2)CC1. The number of para-hydroxylation sites is 1. The van der Waals surface area contributed by atoms with Crippen LogP contribution in [0.4, 0.5) is 17.3 Å². The normalized spacial score (nSPS) is 14.5. The van der Waals surface area contributed by atoms with Crippen LogP contribution in [-0.2, 0) is 0 Å². The monoisotopic (exact) mass is 508 g/mol. The van der Waals surface area contributed by atoms with E-state index in [0.29, 0.717) is 11.5 Å². The molecule has 0 radical (unpaired) electrons. The molecular formula is C31H36N6O. The van der Waals surface area contributed by atoms with Crippen LogP contribution in [0.1, 0.15) is 38.1 Å². The van der Waals surface area contributed by atoms with Gasteiger partial charge in [-0.1, -0.05) is 43.3 Å². The fourth-order valence-corrected chi connectivity index (χ4v) is 4.79. The summed E-state index contributed by atoms with van der Waals surface area (Å²) >= 11 is 0. The Balaban J connectivity index is 1.37. The number of benzene rings is 3. The maximum atomic E-state index is 12.5. The standard InChI is InChI=1S/C31H36N6O/c1-5-36-16-18-37(19-17-36)26-10-7-9-25(20-26)33-30-32-21-24-8-6-11-27(28(24)34-30)22-12-14-23(15-13-22)29(38)35-31(2,3)4/h6-15,20-21H,5,16-19H2,1-4H3,(H,35,38)(H,32,33,34). The van der Waals surface area contributed by atoms with Crippen molar-refractivity contribution in [1.29, 1.82) is 0 Å². The van der Waals surface area contributed by atoms with Gasteiger partial charge >= 0.3 is 0 Å². The van der Waals surface area contributed by atoms with Crippen molar-refractivity contribution in [2.45, 2.75) is 33.2 Å². The van der Waals surface area contributed by atoms with E-state index >= 15 is 0 Å². The third kappa shape index (κ3) is 5.94. The summed E-state index contributed by atoms with van der Waals surface area (Å²) in [6.07, 6.45) is 1.85. The molecule has 0 unspecified atom stereocenters. The number of amides is 1. The highest BCUT2D eigenvalue weighted by molar-refractivity contribution is 5.97. The second-order valence-corrected chi connectivity index (χ2v) is 10.8. The molecule has 0 saturated carbocycles. The number of nitrogens with one attached hydrogen (secondary N) is 2. The van der Waals surface area contributed by atoms with Crippen LogP contribution in [0.5, 0.6) is 0 Å². The molecule has 0 aliphatic carbocycles. The van der Waals surface area contributed by atoms with E-state index in [1.807, 2.05) is 69.4 Å². The maximum Gasteiger partial charge on any atom is 0.251 e. The summed E-state index contributed by atoms with van der Waals surface area (Å²) in [7, 11) is 0. The molecule has 0 spiro atoms. The summed E-state index contributed by atoms with van der Waals surface area (Å²) in [5.74, 6) is 0.476. The molecule has 0 bridgehead atoms. The Morgan fingerprint density at radius 2 is 1.68 bits per heavy atom. The molecule has 3 aromatic carbocycles. The summed E-state index contributed by atoms with van der Waals surface area (Å²) in [6, 6.07) is 22.2. The number of anilines is 3. The summed E-state index contributed by atoms with van der Waals surface area (Å²) in [5.41, 5.74) is 5.39. The third-order valence-electron chi connectivity index (χ3n) is 6.84. The lowest BCUT2D eigenvalue weighted by atomic mass is 10.0. The van der Waals surface area contributed by atoms with Crippen LogP contribution >= 0.6 is 0 Å². The van der Waals surface area contributed by atoms with E-state index in [2.05, 4.69) is 56.6 Å². The number of hydrogen-bond donors (Lipinski definition) is 2. The van der Waals surface area contributed by atoms with Crippen molar-refractivity contribution in [1.82, 2.24) is 20.2 Å². The molecule has 4 aromatic rings. The Labute approximate surface area is 224 Å². The number of hydrogen-bond acceptors (Lipinski definition) is 6. The molecule has 7 heteroatoms. The lowest BCUT2D eigenvalue weighted by Crippen LogP contribution is -2.46. The van der Waals surface area contributed by atoms with E-state index in [4.69, 9.17) is 4.98 Å². The molecule has 1 fully saturated rings. The fraction of sp³-hybridized carbons (Fsp3) is 0.323. The van der Waals surface area contributed by atoms with Gasteiger partial charge in [-0.2, -0.15) is 0 Å². The predicted octanol–water partition coefficient (Wildman–Crippen LogP) is 5.71. The van der Waals surface area contributed by atoms with Crippen LogP contribution in [0.2, 0.25) is 0 Å². The first-order chi connectivity index (χ1) is 18.3. The lowest BCUT2D eigenvalue weighted by Gasteiger charge is -2.35. The first-order valence-corrected chi connectivity index (χ1v) is 13.3. The van der Waals surface area contributed by atoms with Gasteiger partial charge in [0.1, 0.15) is 0 Å². The average Bonchev–Trinajstić information content (AvgIpc) is 2.92. The van der Waals surface area contributed by atoms with Crippen LogP contribution < -0.4 is 15.5 Å². The molecule has 1 amide bonds. The molecule has 1 aromatic heterocycles. The number of nitrogens with zero attached hydrogens (tertiary/aromatic N) is 4. The second-order valence-electron chi connectivity index (χ2n) is 10.8. The molecule has 0 atom stereocenters. The summed E-state index contributed by atoms with van der Waals surface area (Å²) in [4.78, 5) is 26.9. The van der Waals surface area contributed by atoms with Crippen molar-refractivity contribution in [3.63, 3.8) is 0 Å². The van der Waals surface area contributed by atoms with Crippen LogP contribution in [0.15, 0.2) is 72.9 Å². The molecule has 196 valence electrons. The number of likely N-dealkylation sites (N-methyl/N-ethyl adjacent to an activating group) is 1. The van der Waals surface area contributed by atoms with Crippen molar-refractivity contribution in [3.05, 3.63) is 78.5 Å². The highest BCUT2D eigenvalue weighted by Crippen LogP contribution is 2.29. The highest BCUT2D eigenvalue weighted by Gasteiger charge is 2.17. The van der Waals surface area contributed by atoms with E-state index in [1.54, 1.807) is 0 Å². The number of rotatable bonds is 6. The minimum atomic E-state index is -0.282. The van der Waals surface area contributed by atoms with Crippen molar-refractivity contribution < 1.29 is 4.79 Å². The summed E-state index contributed by atoms with van der Waals surface area (Å²) in [5, 5.41) is 7.38. The highest BCUT2D eigenvalue weighted by atomic mass is 16.1. The van der Waals surface area contributed by atoms with E-state index < -0.39 is 0 Å². The van der Waals surface area contributed by atoms with Crippen LogP contribution in [0, 0.1) is 0 Å². The Morgan fingerprint density at radius 3 is 2.39 bits per heavy atom. The minimum absolute atomic E-state index is 0.0785. The van der Waals surface area contributed by atoms with Gasteiger partial charge in [0.05, 0.1) is 5.52 Å². The molecule has 2 heterocycles. The van der Waals surface area contributed by atoms with E-state index in [1.165, 1.54) is 5.69 Å². The Hall–Kier alpha value is -3.97. The zero-order valence-corrected chi connectivity index (χ0v) is 22.7. The minimum Gasteiger partial charge on any atom is -0.369 e. The van der Waals surface area contributed by atoms with Gasteiger partial charge in [0.25, 0.3) is 5.91 Å². The number of fused-ring (bicyclic) bond motifs is 1. The molecule has 5 rings (SSSR count). The van der Waals surface area contributed by atoms with Gasteiger partial charge < -0.3 is 20.4 Å². The van der Waals surface area contributed by atoms with Gasteiger partial charge in [0, 0.05) is 65.8 Å². The molecule has 1 aliphatic rings. The zero-order valence-electron chi connectivity index (χ0n) is 22.7. The molecule has 2 N–H and O–H groups in total. The number of aromatic nitrogens is 2. The van der Waals surface area contributed by atoms with Crippen LogP contribution in [0.25, 0.3) is 22.0 Å². The maximum absolute atomic E-state index is 12.5.